The molecule has 2 aromatic heterocycles. The summed E-state index contributed by atoms with van der Waals surface area (Å²) in [5.41, 5.74) is 8.05. The van der Waals surface area contributed by atoms with Crippen molar-refractivity contribution in [2.24, 2.45) is 0 Å². The van der Waals surface area contributed by atoms with Crippen LogP contribution in [0.3, 0.4) is 0 Å². The minimum absolute atomic E-state index is 0.244. The molecule has 2 heterocycles. The summed E-state index contributed by atoms with van der Waals surface area (Å²) in [6.45, 7) is 0. The van der Waals surface area contributed by atoms with Crippen LogP contribution in [0.15, 0.2) is 36.5 Å². The lowest BCUT2D eigenvalue weighted by molar-refractivity contribution is 0.415. The number of rotatable bonds is 2. The molecule has 0 amide bonds. The Labute approximate surface area is 114 Å². The third-order valence-corrected chi connectivity index (χ3v) is 3.17. The first kappa shape index (κ1) is 11.8. The summed E-state index contributed by atoms with van der Waals surface area (Å²) in [6, 6.07) is 9.29. The molecule has 0 atom stereocenters. The number of aromatic nitrogens is 3. The third kappa shape index (κ3) is 2.08. The molecular weight excluding hydrogens is 264 g/mol. The van der Waals surface area contributed by atoms with Crippen molar-refractivity contribution in [1.82, 2.24) is 14.6 Å². The molecular formula is C13H11ClN4O. The van der Waals surface area contributed by atoms with Crippen molar-refractivity contribution in [3.63, 3.8) is 0 Å². The number of ether oxygens (including phenoxy) is 1. The maximum absolute atomic E-state index is 6.22. The Hall–Kier alpha value is -2.27. The normalized spacial score (nSPS) is 10.8. The first-order chi connectivity index (χ1) is 9.17. The van der Waals surface area contributed by atoms with Gasteiger partial charge < -0.3 is 10.5 Å². The topological polar surface area (TPSA) is 65.4 Å². The number of hydrogen-bond donors (Lipinski definition) is 1. The Bertz CT molecular complexity index is 753. The van der Waals surface area contributed by atoms with Crippen molar-refractivity contribution in [3.05, 3.63) is 41.6 Å². The van der Waals surface area contributed by atoms with E-state index in [0.717, 1.165) is 16.9 Å². The summed E-state index contributed by atoms with van der Waals surface area (Å²) in [6.07, 6.45) is 1.80. The summed E-state index contributed by atoms with van der Waals surface area (Å²) < 4.78 is 6.83. The van der Waals surface area contributed by atoms with Crippen LogP contribution in [0.4, 0.5) is 5.95 Å². The molecule has 2 N–H and O–H groups in total. The van der Waals surface area contributed by atoms with Crippen molar-refractivity contribution in [3.8, 4) is 16.9 Å². The molecule has 0 aliphatic rings. The molecule has 6 heteroatoms. The van der Waals surface area contributed by atoms with Crippen molar-refractivity contribution in [2.75, 3.05) is 12.8 Å². The predicted octanol–water partition coefficient (Wildman–Crippen LogP) is 2.64. The zero-order valence-corrected chi connectivity index (χ0v) is 10.9. The summed E-state index contributed by atoms with van der Waals surface area (Å²) in [5.74, 6) is 0.995. The first-order valence-corrected chi connectivity index (χ1v) is 6.01. The van der Waals surface area contributed by atoms with E-state index in [2.05, 4.69) is 10.1 Å². The van der Waals surface area contributed by atoms with E-state index in [1.807, 2.05) is 24.3 Å². The van der Waals surface area contributed by atoms with Gasteiger partial charge in [-0.05, 0) is 35.9 Å². The second-order valence-corrected chi connectivity index (χ2v) is 4.44. The van der Waals surface area contributed by atoms with Crippen LogP contribution in [0.25, 0.3) is 16.8 Å². The first-order valence-electron chi connectivity index (χ1n) is 5.63. The molecule has 0 unspecified atom stereocenters. The van der Waals surface area contributed by atoms with Gasteiger partial charge in [-0.3, -0.25) is 0 Å². The lowest BCUT2D eigenvalue weighted by atomic mass is 10.1. The van der Waals surface area contributed by atoms with Crippen LogP contribution in [-0.2, 0) is 0 Å². The summed E-state index contributed by atoms with van der Waals surface area (Å²) in [5, 5.41) is 4.68. The lowest BCUT2D eigenvalue weighted by Gasteiger charge is -2.07. The number of nitrogens with two attached hydrogens (primary N) is 1. The molecule has 0 fully saturated rings. The van der Waals surface area contributed by atoms with Gasteiger partial charge in [-0.2, -0.15) is 4.98 Å². The van der Waals surface area contributed by atoms with E-state index in [0.29, 0.717) is 10.7 Å². The van der Waals surface area contributed by atoms with Gasteiger partial charge in [0.1, 0.15) is 5.75 Å². The van der Waals surface area contributed by atoms with Gasteiger partial charge >= 0.3 is 0 Å². The SMILES string of the molecule is COc1ccc(Cl)c(-c2ccn3nc(N)nc3c2)c1. The maximum atomic E-state index is 6.22. The highest BCUT2D eigenvalue weighted by molar-refractivity contribution is 6.33. The van der Waals surface area contributed by atoms with E-state index in [1.165, 1.54) is 0 Å². The Balaban J connectivity index is 2.17. The molecule has 0 spiro atoms. The highest BCUT2D eigenvalue weighted by atomic mass is 35.5. The molecule has 0 aliphatic carbocycles. The Morgan fingerprint density at radius 2 is 2.11 bits per heavy atom. The van der Waals surface area contributed by atoms with Gasteiger partial charge in [0.15, 0.2) is 5.65 Å². The number of benzene rings is 1. The minimum atomic E-state index is 0.244. The fraction of sp³-hybridized carbons (Fsp3) is 0.0769. The van der Waals surface area contributed by atoms with Crippen LogP contribution < -0.4 is 10.5 Å². The number of fused-ring (bicyclic) bond motifs is 1. The van der Waals surface area contributed by atoms with E-state index in [-0.39, 0.29) is 5.95 Å². The Kier molecular flexibility index (Phi) is 2.76. The predicted molar refractivity (Wildman–Crippen MR) is 74.4 cm³/mol. The van der Waals surface area contributed by atoms with Crippen LogP contribution in [0.5, 0.6) is 5.75 Å². The third-order valence-electron chi connectivity index (χ3n) is 2.84. The molecule has 0 bridgehead atoms. The van der Waals surface area contributed by atoms with Gasteiger partial charge in [-0.15, -0.1) is 5.10 Å². The monoisotopic (exact) mass is 274 g/mol. The fourth-order valence-electron chi connectivity index (χ4n) is 1.92. The zero-order chi connectivity index (χ0) is 13.4. The van der Waals surface area contributed by atoms with E-state index >= 15 is 0 Å². The van der Waals surface area contributed by atoms with Crippen molar-refractivity contribution in [1.29, 1.82) is 0 Å². The summed E-state index contributed by atoms with van der Waals surface area (Å²) >= 11 is 6.22. The van der Waals surface area contributed by atoms with E-state index < -0.39 is 0 Å². The largest absolute Gasteiger partial charge is 0.497 e. The van der Waals surface area contributed by atoms with Gasteiger partial charge in [0.05, 0.1) is 7.11 Å². The number of pyridine rings is 1. The number of anilines is 1. The highest BCUT2D eigenvalue weighted by Crippen LogP contribution is 2.31. The van der Waals surface area contributed by atoms with Crippen LogP contribution in [0.2, 0.25) is 5.02 Å². The van der Waals surface area contributed by atoms with Crippen molar-refractivity contribution in [2.45, 2.75) is 0 Å². The van der Waals surface area contributed by atoms with E-state index in [1.54, 1.807) is 23.9 Å². The summed E-state index contributed by atoms with van der Waals surface area (Å²) in [7, 11) is 1.62. The van der Waals surface area contributed by atoms with Crippen molar-refractivity contribution >= 4 is 23.2 Å². The Morgan fingerprint density at radius 3 is 2.89 bits per heavy atom. The van der Waals surface area contributed by atoms with Gasteiger partial charge in [0, 0.05) is 16.8 Å². The van der Waals surface area contributed by atoms with Crippen LogP contribution >= 0.6 is 11.6 Å². The number of nitrogens with zero attached hydrogens (tertiary/aromatic N) is 3. The number of hydrogen-bond acceptors (Lipinski definition) is 4. The molecule has 0 saturated carbocycles. The van der Waals surface area contributed by atoms with E-state index in [9.17, 15) is 0 Å². The van der Waals surface area contributed by atoms with Gasteiger partial charge in [-0.1, -0.05) is 11.6 Å². The number of halogens is 1. The average molecular weight is 275 g/mol. The van der Waals surface area contributed by atoms with Crippen LogP contribution in [0, 0.1) is 0 Å². The number of methoxy groups -OCH3 is 1. The molecule has 0 aliphatic heterocycles. The Morgan fingerprint density at radius 1 is 1.26 bits per heavy atom. The molecule has 1 aromatic carbocycles. The lowest BCUT2D eigenvalue weighted by Crippen LogP contribution is -1.90. The van der Waals surface area contributed by atoms with Crippen LogP contribution in [0.1, 0.15) is 0 Å². The fourth-order valence-corrected chi connectivity index (χ4v) is 2.15. The highest BCUT2D eigenvalue weighted by Gasteiger charge is 2.08. The smallest absolute Gasteiger partial charge is 0.240 e. The molecule has 96 valence electrons. The average Bonchev–Trinajstić information content (AvgIpc) is 2.78. The van der Waals surface area contributed by atoms with E-state index in [4.69, 9.17) is 22.1 Å². The van der Waals surface area contributed by atoms with Crippen LogP contribution in [-0.4, -0.2) is 21.7 Å². The minimum Gasteiger partial charge on any atom is -0.497 e. The maximum Gasteiger partial charge on any atom is 0.240 e. The molecule has 0 radical (unpaired) electrons. The molecule has 0 saturated heterocycles. The van der Waals surface area contributed by atoms with Crippen molar-refractivity contribution < 1.29 is 4.74 Å². The second kappa shape index (κ2) is 4.44. The molecule has 5 nitrogen and oxygen atoms in total. The zero-order valence-electron chi connectivity index (χ0n) is 10.2. The number of nitrogen functional groups attached to an aromatic ring is 1. The second-order valence-electron chi connectivity index (χ2n) is 4.03. The molecule has 3 rings (SSSR count). The van der Waals surface area contributed by atoms with Gasteiger partial charge in [0.2, 0.25) is 5.95 Å². The molecule has 3 aromatic rings. The quantitative estimate of drug-likeness (QED) is 0.780. The standard InChI is InChI=1S/C13H11ClN4O/c1-19-9-2-3-11(14)10(7-9)8-4-5-18-12(6-8)16-13(15)17-18/h2-7H,1H3,(H2,15,17). The molecule has 19 heavy (non-hydrogen) atoms. The summed E-state index contributed by atoms with van der Waals surface area (Å²) in [4.78, 5) is 4.13. The van der Waals surface area contributed by atoms with Gasteiger partial charge in [-0.25, -0.2) is 4.52 Å². The van der Waals surface area contributed by atoms with Gasteiger partial charge in [0.25, 0.3) is 0 Å².